The van der Waals surface area contributed by atoms with Crippen LogP contribution in [0.5, 0.6) is 17.2 Å². The Morgan fingerprint density at radius 2 is 1.63 bits per heavy atom. The monoisotopic (exact) mass is 421 g/mol. The maximum absolute atomic E-state index is 13.3. The molecule has 8 nitrogen and oxygen atoms in total. The van der Waals surface area contributed by atoms with Crippen molar-refractivity contribution in [3.8, 4) is 17.2 Å². The lowest BCUT2D eigenvalue weighted by Crippen LogP contribution is -2.47. The standard InChI is InChI=1S/C22H35N3O5/c1-16(2)6-10-25(11-7-20(26)24-12-8-23-9-13-24)22(27)17-14-18(28-3)21(30-5)19(15-17)29-4/h14-16,23H,6-13H2,1-5H3. The third-order valence-electron chi connectivity index (χ3n) is 5.24. The van der Waals surface area contributed by atoms with Gasteiger partial charge in [0.15, 0.2) is 11.5 Å². The number of methoxy groups -OCH3 is 3. The summed E-state index contributed by atoms with van der Waals surface area (Å²) in [5.74, 6) is 1.69. The number of piperazine rings is 1. The topological polar surface area (TPSA) is 80.3 Å². The molecule has 1 aromatic rings. The molecule has 0 radical (unpaired) electrons. The molecule has 1 saturated heterocycles. The van der Waals surface area contributed by atoms with Crippen molar-refractivity contribution in [2.45, 2.75) is 26.7 Å². The minimum absolute atomic E-state index is 0.0868. The van der Waals surface area contributed by atoms with Gasteiger partial charge in [-0.3, -0.25) is 9.59 Å². The average Bonchev–Trinajstić information content (AvgIpc) is 2.77. The number of amides is 2. The summed E-state index contributed by atoms with van der Waals surface area (Å²) in [6.07, 6.45) is 1.17. The van der Waals surface area contributed by atoms with Crippen LogP contribution in [0.1, 0.15) is 37.0 Å². The number of ether oxygens (including phenoxy) is 3. The highest BCUT2D eigenvalue weighted by Crippen LogP contribution is 2.38. The van der Waals surface area contributed by atoms with Gasteiger partial charge in [0.1, 0.15) is 0 Å². The number of carbonyl (C=O) groups excluding carboxylic acids is 2. The van der Waals surface area contributed by atoms with Crippen molar-refractivity contribution in [1.82, 2.24) is 15.1 Å². The van der Waals surface area contributed by atoms with Crippen molar-refractivity contribution >= 4 is 11.8 Å². The van der Waals surface area contributed by atoms with Gasteiger partial charge in [-0.1, -0.05) is 13.8 Å². The molecule has 0 unspecified atom stereocenters. The van der Waals surface area contributed by atoms with Crippen molar-refractivity contribution in [1.29, 1.82) is 0 Å². The summed E-state index contributed by atoms with van der Waals surface area (Å²) >= 11 is 0. The molecule has 1 heterocycles. The first-order valence-electron chi connectivity index (χ1n) is 10.5. The number of benzene rings is 1. The van der Waals surface area contributed by atoms with Crippen LogP contribution >= 0.6 is 0 Å². The molecule has 168 valence electrons. The van der Waals surface area contributed by atoms with Crippen molar-refractivity contribution in [2.24, 2.45) is 5.92 Å². The highest BCUT2D eigenvalue weighted by atomic mass is 16.5. The minimum Gasteiger partial charge on any atom is -0.493 e. The molecule has 0 spiro atoms. The first kappa shape index (κ1) is 23.8. The Bertz CT molecular complexity index is 692. The van der Waals surface area contributed by atoms with E-state index in [-0.39, 0.29) is 11.8 Å². The second-order valence-electron chi connectivity index (χ2n) is 7.77. The molecule has 0 aromatic heterocycles. The number of nitrogens with one attached hydrogen (secondary N) is 1. The molecule has 30 heavy (non-hydrogen) atoms. The van der Waals surface area contributed by atoms with Gasteiger partial charge in [0.25, 0.3) is 5.91 Å². The zero-order valence-corrected chi connectivity index (χ0v) is 18.8. The third kappa shape index (κ3) is 6.26. The van der Waals surface area contributed by atoms with E-state index in [4.69, 9.17) is 14.2 Å². The van der Waals surface area contributed by atoms with E-state index >= 15 is 0 Å². The van der Waals surface area contributed by atoms with Crippen LogP contribution in [0.15, 0.2) is 12.1 Å². The summed E-state index contributed by atoms with van der Waals surface area (Å²) in [6.45, 7) is 8.26. The largest absolute Gasteiger partial charge is 0.493 e. The lowest BCUT2D eigenvalue weighted by Gasteiger charge is -2.29. The Balaban J connectivity index is 2.18. The first-order valence-corrected chi connectivity index (χ1v) is 10.5. The molecule has 0 saturated carbocycles. The second-order valence-corrected chi connectivity index (χ2v) is 7.77. The molecular weight excluding hydrogens is 386 g/mol. The molecular formula is C22H35N3O5. The van der Waals surface area contributed by atoms with Gasteiger partial charge >= 0.3 is 0 Å². The van der Waals surface area contributed by atoms with E-state index in [0.717, 1.165) is 19.5 Å². The molecule has 2 amide bonds. The van der Waals surface area contributed by atoms with E-state index in [2.05, 4.69) is 19.2 Å². The average molecular weight is 422 g/mol. The quantitative estimate of drug-likeness (QED) is 0.623. The van der Waals surface area contributed by atoms with Crippen LogP contribution in [-0.4, -0.2) is 82.2 Å². The lowest BCUT2D eigenvalue weighted by molar-refractivity contribution is -0.131. The van der Waals surface area contributed by atoms with Crippen LogP contribution in [0.4, 0.5) is 0 Å². The lowest BCUT2D eigenvalue weighted by atomic mass is 10.1. The highest BCUT2D eigenvalue weighted by molar-refractivity contribution is 5.96. The van der Waals surface area contributed by atoms with Crippen LogP contribution in [0.2, 0.25) is 0 Å². The highest BCUT2D eigenvalue weighted by Gasteiger charge is 2.23. The van der Waals surface area contributed by atoms with Gasteiger partial charge in [-0.15, -0.1) is 0 Å². The Hall–Kier alpha value is -2.48. The van der Waals surface area contributed by atoms with E-state index < -0.39 is 0 Å². The molecule has 0 bridgehead atoms. The number of rotatable bonds is 10. The molecule has 8 heteroatoms. The van der Waals surface area contributed by atoms with E-state index in [1.54, 1.807) is 17.0 Å². The summed E-state index contributed by atoms with van der Waals surface area (Å²) in [4.78, 5) is 29.5. The Morgan fingerprint density at radius 3 is 2.13 bits per heavy atom. The molecule has 1 aliphatic rings. The van der Waals surface area contributed by atoms with Gasteiger partial charge in [0.2, 0.25) is 11.7 Å². The predicted octanol–water partition coefficient (Wildman–Crippen LogP) is 2.02. The number of carbonyl (C=O) groups is 2. The first-order chi connectivity index (χ1) is 14.4. The van der Waals surface area contributed by atoms with Gasteiger partial charge in [-0.2, -0.15) is 0 Å². The fourth-order valence-electron chi connectivity index (χ4n) is 3.42. The van der Waals surface area contributed by atoms with Gasteiger partial charge in [0.05, 0.1) is 21.3 Å². The zero-order valence-electron chi connectivity index (χ0n) is 18.8. The molecule has 0 atom stereocenters. The van der Waals surface area contributed by atoms with Crippen LogP contribution in [0.25, 0.3) is 0 Å². The van der Waals surface area contributed by atoms with E-state index in [9.17, 15) is 9.59 Å². The summed E-state index contributed by atoms with van der Waals surface area (Å²) in [6, 6.07) is 3.31. The predicted molar refractivity (Wildman–Crippen MR) is 116 cm³/mol. The molecule has 1 fully saturated rings. The molecule has 1 aromatic carbocycles. The van der Waals surface area contributed by atoms with Crippen LogP contribution in [0.3, 0.4) is 0 Å². The minimum atomic E-state index is -0.150. The van der Waals surface area contributed by atoms with E-state index in [0.29, 0.717) is 61.3 Å². The second kappa shape index (κ2) is 11.6. The van der Waals surface area contributed by atoms with Crippen molar-refractivity contribution in [2.75, 3.05) is 60.6 Å². The van der Waals surface area contributed by atoms with Crippen LogP contribution in [0, 0.1) is 5.92 Å². The van der Waals surface area contributed by atoms with Gasteiger partial charge < -0.3 is 29.3 Å². The van der Waals surface area contributed by atoms with Crippen molar-refractivity contribution in [3.05, 3.63) is 17.7 Å². The maximum atomic E-state index is 13.3. The fourth-order valence-corrected chi connectivity index (χ4v) is 3.42. The maximum Gasteiger partial charge on any atom is 0.254 e. The number of hydrogen-bond acceptors (Lipinski definition) is 6. The third-order valence-corrected chi connectivity index (χ3v) is 5.24. The van der Waals surface area contributed by atoms with E-state index in [1.807, 2.05) is 4.90 Å². The molecule has 2 rings (SSSR count). The van der Waals surface area contributed by atoms with Crippen LogP contribution in [-0.2, 0) is 4.79 Å². The van der Waals surface area contributed by atoms with E-state index in [1.165, 1.54) is 21.3 Å². The van der Waals surface area contributed by atoms with Crippen LogP contribution < -0.4 is 19.5 Å². The van der Waals surface area contributed by atoms with Crippen molar-refractivity contribution in [3.63, 3.8) is 0 Å². The van der Waals surface area contributed by atoms with Gasteiger partial charge in [0, 0.05) is 51.3 Å². The van der Waals surface area contributed by atoms with Gasteiger partial charge in [-0.05, 0) is 24.5 Å². The Morgan fingerprint density at radius 1 is 1.03 bits per heavy atom. The molecule has 1 aliphatic heterocycles. The summed E-state index contributed by atoms with van der Waals surface area (Å²) in [5.41, 5.74) is 0.447. The normalized spacial score (nSPS) is 13.9. The summed E-state index contributed by atoms with van der Waals surface area (Å²) in [5, 5.41) is 3.25. The van der Waals surface area contributed by atoms with Gasteiger partial charge in [-0.25, -0.2) is 0 Å². The molecule has 1 N–H and O–H groups in total. The zero-order chi connectivity index (χ0) is 22.1. The summed E-state index contributed by atoms with van der Waals surface area (Å²) < 4.78 is 16.1. The summed E-state index contributed by atoms with van der Waals surface area (Å²) in [7, 11) is 4.57. The fraction of sp³-hybridized carbons (Fsp3) is 0.636. The number of nitrogens with zero attached hydrogens (tertiary/aromatic N) is 2. The van der Waals surface area contributed by atoms with Crippen molar-refractivity contribution < 1.29 is 23.8 Å². The Kier molecular flexibility index (Phi) is 9.23. The molecule has 0 aliphatic carbocycles. The SMILES string of the molecule is COc1cc(C(=O)N(CCC(=O)N2CCNCC2)CCC(C)C)cc(OC)c1OC. The Labute approximate surface area is 179 Å². The number of hydrogen-bond donors (Lipinski definition) is 1. The smallest absolute Gasteiger partial charge is 0.254 e.